The average molecular weight is 178 g/mol. The number of ether oxygens (including phenoxy) is 1. The van der Waals surface area contributed by atoms with Crippen LogP contribution in [0.2, 0.25) is 0 Å². The molecule has 2 fully saturated rings. The van der Waals surface area contributed by atoms with E-state index in [1.807, 2.05) is 0 Å². The SMILES string of the molecule is C[C@@H]1C=C2C(=O)O[C@@H]3CC[C@H](C1)C23. The molecule has 0 N–H and O–H groups in total. The highest BCUT2D eigenvalue weighted by atomic mass is 16.6. The van der Waals surface area contributed by atoms with Crippen molar-refractivity contribution in [3.8, 4) is 0 Å². The molecule has 2 heteroatoms. The van der Waals surface area contributed by atoms with Crippen LogP contribution in [0.3, 0.4) is 0 Å². The lowest BCUT2D eigenvalue weighted by atomic mass is 9.77. The van der Waals surface area contributed by atoms with Crippen molar-refractivity contribution in [3.05, 3.63) is 11.6 Å². The van der Waals surface area contributed by atoms with Gasteiger partial charge in [0.1, 0.15) is 6.10 Å². The zero-order valence-corrected chi connectivity index (χ0v) is 7.82. The van der Waals surface area contributed by atoms with E-state index in [9.17, 15) is 4.79 Å². The Hall–Kier alpha value is -0.790. The lowest BCUT2D eigenvalue weighted by molar-refractivity contribution is -0.138. The molecule has 1 aliphatic heterocycles. The van der Waals surface area contributed by atoms with Crippen LogP contribution in [0.4, 0.5) is 0 Å². The second kappa shape index (κ2) is 2.37. The van der Waals surface area contributed by atoms with E-state index in [2.05, 4.69) is 13.0 Å². The van der Waals surface area contributed by atoms with E-state index in [0.717, 1.165) is 17.9 Å². The Labute approximate surface area is 78.0 Å². The number of rotatable bonds is 0. The van der Waals surface area contributed by atoms with E-state index in [-0.39, 0.29) is 12.1 Å². The predicted molar refractivity (Wildman–Crippen MR) is 48.0 cm³/mol. The van der Waals surface area contributed by atoms with Gasteiger partial charge in [-0.3, -0.25) is 0 Å². The van der Waals surface area contributed by atoms with Crippen LogP contribution in [0.1, 0.15) is 26.2 Å². The van der Waals surface area contributed by atoms with Crippen molar-refractivity contribution >= 4 is 5.97 Å². The third kappa shape index (κ3) is 0.917. The average Bonchev–Trinajstić information content (AvgIpc) is 2.59. The first-order chi connectivity index (χ1) is 6.25. The van der Waals surface area contributed by atoms with Crippen molar-refractivity contribution in [2.24, 2.45) is 17.8 Å². The summed E-state index contributed by atoms with van der Waals surface area (Å²) in [7, 11) is 0. The van der Waals surface area contributed by atoms with Crippen LogP contribution in [0.25, 0.3) is 0 Å². The molecule has 0 amide bonds. The van der Waals surface area contributed by atoms with Gasteiger partial charge in [-0.05, 0) is 31.1 Å². The van der Waals surface area contributed by atoms with Crippen LogP contribution in [0.15, 0.2) is 11.6 Å². The topological polar surface area (TPSA) is 26.3 Å². The van der Waals surface area contributed by atoms with Gasteiger partial charge in [0.2, 0.25) is 0 Å². The fraction of sp³-hybridized carbons (Fsp3) is 0.727. The highest BCUT2D eigenvalue weighted by molar-refractivity contribution is 5.92. The number of hydrogen-bond donors (Lipinski definition) is 0. The highest BCUT2D eigenvalue weighted by Crippen LogP contribution is 2.49. The minimum absolute atomic E-state index is 0.0359. The number of esters is 1. The number of hydrogen-bond acceptors (Lipinski definition) is 2. The Morgan fingerprint density at radius 3 is 3.15 bits per heavy atom. The maximum absolute atomic E-state index is 11.5. The molecular formula is C11H14O2. The molecule has 0 spiro atoms. The molecule has 3 aliphatic rings. The van der Waals surface area contributed by atoms with Crippen molar-refractivity contribution in [1.29, 1.82) is 0 Å². The van der Waals surface area contributed by atoms with Crippen LogP contribution in [0.5, 0.6) is 0 Å². The van der Waals surface area contributed by atoms with Gasteiger partial charge in [-0.2, -0.15) is 0 Å². The number of carbonyl (C=O) groups is 1. The second-order valence-electron chi connectivity index (χ2n) is 4.64. The van der Waals surface area contributed by atoms with Gasteiger partial charge in [0.25, 0.3) is 0 Å². The molecule has 2 aliphatic carbocycles. The molecule has 70 valence electrons. The zero-order valence-electron chi connectivity index (χ0n) is 7.82. The fourth-order valence-corrected chi connectivity index (χ4v) is 3.26. The molecule has 1 heterocycles. The summed E-state index contributed by atoms with van der Waals surface area (Å²) in [6, 6.07) is 0. The van der Waals surface area contributed by atoms with E-state index in [4.69, 9.17) is 4.74 Å². The van der Waals surface area contributed by atoms with Gasteiger partial charge in [-0.1, -0.05) is 13.0 Å². The van der Waals surface area contributed by atoms with Gasteiger partial charge in [-0.15, -0.1) is 0 Å². The van der Waals surface area contributed by atoms with E-state index in [1.54, 1.807) is 0 Å². The Morgan fingerprint density at radius 2 is 2.31 bits per heavy atom. The van der Waals surface area contributed by atoms with Crippen molar-refractivity contribution in [1.82, 2.24) is 0 Å². The van der Waals surface area contributed by atoms with Gasteiger partial charge in [0.15, 0.2) is 0 Å². The fourth-order valence-electron chi connectivity index (χ4n) is 3.26. The van der Waals surface area contributed by atoms with E-state index >= 15 is 0 Å². The summed E-state index contributed by atoms with van der Waals surface area (Å²) in [4.78, 5) is 11.5. The quantitative estimate of drug-likeness (QED) is 0.529. The number of allylic oxidation sites excluding steroid dienone is 1. The minimum Gasteiger partial charge on any atom is -0.458 e. The lowest BCUT2D eigenvalue weighted by Crippen LogP contribution is -2.21. The second-order valence-corrected chi connectivity index (χ2v) is 4.64. The van der Waals surface area contributed by atoms with Crippen LogP contribution < -0.4 is 0 Å². The molecule has 0 aromatic carbocycles. The summed E-state index contributed by atoms with van der Waals surface area (Å²) in [5, 5.41) is 0. The summed E-state index contributed by atoms with van der Waals surface area (Å²) in [5.41, 5.74) is 0.992. The maximum Gasteiger partial charge on any atom is 0.334 e. The van der Waals surface area contributed by atoms with Gasteiger partial charge >= 0.3 is 5.97 Å². The van der Waals surface area contributed by atoms with Crippen molar-refractivity contribution in [3.63, 3.8) is 0 Å². The standard InChI is InChI=1S/C11H14O2/c1-6-4-7-2-3-9-10(7)8(5-6)11(12)13-9/h5-7,9-10H,2-4H2,1H3/t6-,7+,9+,10?/m0/s1. The molecule has 2 nitrogen and oxygen atoms in total. The molecular weight excluding hydrogens is 164 g/mol. The monoisotopic (exact) mass is 178 g/mol. The molecule has 0 aromatic heterocycles. The van der Waals surface area contributed by atoms with Crippen LogP contribution in [-0.2, 0) is 9.53 Å². The van der Waals surface area contributed by atoms with Gasteiger partial charge < -0.3 is 4.74 Å². The van der Waals surface area contributed by atoms with Gasteiger partial charge in [-0.25, -0.2) is 4.79 Å². The molecule has 1 unspecified atom stereocenters. The molecule has 1 saturated heterocycles. The van der Waals surface area contributed by atoms with E-state index in [1.165, 1.54) is 12.8 Å². The Balaban J connectivity index is 2.05. The van der Waals surface area contributed by atoms with Crippen molar-refractivity contribution in [2.75, 3.05) is 0 Å². The summed E-state index contributed by atoms with van der Waals surface area (Å²) in [5.74, 6) is 1.72. The maximum atomic E-state index is 11.5. The number of carbonyl (C=O) groups excluding carboxylic acids is 1. The molecule has 1 saturated carbocycles. The molecule has 0 aromatic rings. The van der Waals surface area contributed by atoms with E-state index < -0.39 is 0 Å². The van der Waals surface area contributed by atoms with Crippen LogP contribution >= 0.6 is 0 Å². The van der Waals surface area contributed by atoms with Crippen molar-refractivity contribution in [2.45, 2.75) is 32.3 Å². The molecule has 0 bridgehead atoms. The molecule has 3 rings (SSSR count). The summed E-state index contributed by atoms with van der Waals surface area (Å²) < 4.78 is 5.34. The third-order valence-corrected chi connectivity index (χ3v) is 3.72. The normalized spacial score (nSPS) is 47.2. The summed E-state index contributed by atoms with van der Waals surface area (Å²) in [6.45, 7) is 2.20. The van der Waals surface area contributed by atoms with Crippen molar-refractivity contribution < 1.29 is 9.53 Å². The van der Waals surface area contributed by atoms with Gasteiger partial charge in [0.05, 0.1) is 0 Å². The smallest absolute Gasteiger partial charge is 0.334 e. The Bertz CT molecular complexity index is 292. The first-order valence-electron chi connectivity index (χ1n) is 5.18. The van der Waals surface area contributed by atoms with Gasteiger partial charge in [0, 0.05) is 11.5 Å². The molecule has 13 heavy (non-hydrogen) atoms. The predicted octanol–water partition coefficient (Wildman–Crippen LogP) is 1.90. The third-order valence-electron chi connectivity index (χ3n) is 3.72. The first kappa shape index (κ1) is 7.60. The summed E-state index contributed by atoms with van der Waals surface area (Å²) >= 11 is 0. The van der Waals surface area contributed by atoms with Crippen LogP contribution in [-0.4, -0.2) is 12.1 Å². The Morgan fingerprint density at radius 1 is 1.46 bits per heavy atom. The molecule has 0 radical (unpaired) electrons. The largest absolute Gasteiger partial charge is 0.458 e. The summed E-state index contributed by atoms with van der Waals surface area (Å²) in [6.07, 6.45) is 5.96. The highest BCUT2D eigenvalue weighted by Gasteiger charge is 2.50. The Kier molecular flexibility index (Phi) is 1.38. The first-order valence-corrected chi connectivity index (χ1v) is 5.18. The van der Waals surface area contributed by atoms with Crippen LogP contribution in [0, 0.1) is 17.8 Å². The van der Waals surface area contributed by atoms with E-state index in [0.29, 0.717) is 11.8 Å². The molecule has 4 atom stereocenters. The lowest BCUT2D eigenvalue weighted by Gasteiger charge is -2.25. The zero-order chi connectivity index (χ0) is 9.00. The minimum atomic E-state index is -0.0359.